The average Bonchev–Trinajstić information content (AvgIpc) is 2.82. The summed E-state index contributed by atoms with van der Waals surface area (Å²) in [4.78, 5) is 0. The zero-order valence-corrected chi connectivity index (χ0v) is 11.6. The summed E-state index contributed by atoms with van der Waals surface area (Å²) in [5.41, 5.74) is 4.40. The van der Waals surface area contributed by atoms with Crippen molar-refractivity contribution in [1.82, 2.24) is 24.9 Å². The fraction of sp³-hybridized carbons (Fsp3) is 0.538. The summed E-state index contributed by atoms with van der Waals surface area (Å²) in [6, 6.07) is 0. The third-order valence-corrected chi connectivity index (χ3v) is 2.92. The highest BCUT2D eigenvalue weighted by molar-refractivity contribution is 5.64. The van der Waals surface area contributed by atoms with Gasteiger partial charge in [-0.05, 0) is 19.9 Å². The summed E-state index contributed by atoms with van der Waals surface area (Å²) >= 11 is 0. The van der Waals surface area contributed by atoms with Crippen LogP contribution in [0.25, 0.3) is 11.3 Å². The smallest absolute Gasteiger partial charge is 0.100 e. The first-order valence-electron chi connectivity index (χ1n) is 6.35. The molecule has 2 aromatic heterocycles. The van der Waals surface area contributed by atoms with E-state index in [1.165, 1.54) is 5.56 Å². The molecule has 0 radical (unpaired) electrons. The lowest BCUT2D eigenvalue weighted by atomic mass is 10.1. The molecule has 0 unspecified atom stereocenters. The second kappa shape index (κ2) is 5.35. The average molecular weight is 247 g/mol. The Morgan fingerprint density at radius 1 is 1.17 bits per heavy atom. The Labute approximate surface area is 108 Å². The fourth-order valence-electron chi connectivity index (χ4n) is 2.13. The highest BCUT2D eigenvalue weighted by Crippen LogP contribution is 2.24. The van der Waals surface area contributed by atoms with Crippen LogP contribution in [-0.2, 0) is 20.6 Å². The Balaban J connectivity index is 2.29. The number of hydrogen-bond acceptors (Lipinski definition) is 3. The second-order valence-corrected chi connectivity index (χ2v) is 4.66. The van der Waals surface area contributed by atoms with E-state index in [1.807, 2.05) is 36.6 Å². The first kappa shape index (κ1) is 12.8. The lowest BCUT2D eigenvalue weighted by Gasteiger charge is -2.02. The molecule has 0 atom stereocenters. The van der Waals surface area contributed by atoms with Gasteiger partial charge in [0.2, 0.25) is 0 Å². The van der Waals surface area contributed by atoms with Crippen LogP contribution in [0.3, 0.4) is 0 Å². The normalized spacial score (nSPS) is 11.1. The summed E-state index contributed by atoms with van der Waals surface area (Å²) in [6.45, 7) is 6.07. The molecule has 0 aromatic carbocycles. The molecule has 2 aromatic rings. The summed E-state index contributed by atoms with van der Waals surface area (Å²) in [7, 11) is 3.90. The molecular formula is C13H21N5. The summed E-state index contributed by atoms with van der Waals surface area (Å²) in [6.07, 6.45) is 5.24. The molecule has 0 aliphatic rings. The molecule has 0 saturated carbocycles. The van der Waals surface area contributed by atoms with Crippen molar-refractivity contribution in [3.63, 3.8) is 0 Å². The van der Waals surface area contributed by atoms with Gasteiger partial charge < -0.3 is 5.32 Å². The van der Waals surface area contributed by atoms with Gasteiger partial charge in [0.25, 0.3) is 0 Å². The minimum absolute atomic E-state index is 0.853. The third kappa shape index (κ3) is 2.61. The molecule has 1 N–H and O–H groups in total. The Morgan fingerprint density at radius 2 is 1.89 bits per heavy atom. The molecule has 98 valence electrons. The molecular weight excluding hydrogens is 226 g/mol. The minimum Gasteiger partial charge on any atom is -0.313 e. The van der Waals surface area contributed by atoms with Crippen molar-refractivity contribution >= 4 is 0 Å². The van der Waals surface area contributed by atoms with E-state index in [-0.39, 0.29) is 0 Å². The first-order valence-corrected chi connectivity index (χ1v) is 6.35. The molecule has 2 heterocycles. The molecule has 18 heavy (non-hydrogen) atoms. The number of rotatable bonds is 5. The fourth-order valence-corrected chi connectivity index (χ4v) is 2.13. The monoisotopic (exact) mass is 247 g/mol. The summed E-state index contributed by atoms with van der Waals surface area (Å²) in [5, 5.41) is 12.4. The van der Waals surface area contributed by atoms with E-state index in [4.69, 9.17) is 0 Å². The molecule has 0 aliphatic heterocycles. The van der Waals surface area contributed by atoms with Crippen LogP contribution >= 0.6 is 0 Å². The van der Waals surface area contributed by atoms with Gasteiger partial charge in [0.15, 0.2) is 0 Å². The van der Waals surface area contributed by atoms with Gasteiger partial charge in [-0.15, -0.1) is 0 Å². The standard InChI is InChI=1S/C13H21N5/c1-5-6-14-7-11-8-17(3)16-13(11)12-9-18(4)15-10(12)2/h8-9,14H,5-7H2,1-4H3. The van der Waals surface area contributed by atoms with Gasteiger partial charge in [-0.3, -0.25) is 9.36 Å². The van der Waals surface area contributed by atoms with E-state index in [1.54, 1.807) is 0 Å². The zero-order valence-electron chi connectivity index (χ0n) is 11.6. The molecule has 5 nitrogen and oxygen atoms in total. The number of nitrogens with one attached hydrogen (secondary N) is 1. The van der Waals surface area contributed by atoms with Gasteiger partial charge in [0.05, 0.1) is 5.69 Å². The van der Waals surface area contributed by atoms with Crippen molar-refractivity contribution in [1.29, 1.82) is 0 Å². The lowest BCUT2D eigenvalue weighted by Crippen LogP contribution is -2.13. The Morgan fingerprint density at radius 3 is 2.50 bits per heavy atom. The van der Waals surface area contributed by atoms with Crippen LogP contribution in [0, 0.1) is 6.92 Å². The van der Waals surface area contributed by atoms with E-state index >= 15 is 0 Å². The van der Waals surface area contributed by atoms with Crippen LogP contribution in [0.5, 0.6) is 0 Å². The lowest BCUT2D eigenvalue weighted by molar-refractivity contribution is 0.675. The SMILES string of the molecule is CCCNCc1cn(C)nc1-c1cn(C)nc1C. The van der Waals surface area contributed by atoms with Crippen molar-refractivity contribution in [2.24, 2.45) is 14.1 Å². The van der Waals surface area contributed by atoms with Crippen molar-refractivity contribution in [2.75, 3.05) is 6.54 Å². The molecule has 0 aliphatic carbocycles. The highest BCUT2D eigenvalue weighted by Gasteiger charge is 2.14. The molecule has 5 heteroatoms. The third-order valence-electron chi connectivity index (χ3n) is 2.92. The van der Waals surface area contributed by atoms with Crippen LogP contribution in [0.15, 0.2) is 12.4 Å². The number of aromatic nitrogens is 4. The largest absolute Gasteiger partial charge is 0.313 e. The predicted octanol–water partition coefficient (Wildman–Crippen LogP) is 1.63. The van der Waals surface area contributed by atoms with Crippen molar-refractivity contribution < 1.29 is 0 Å². The van der Waals surface area contributed by atoms with Crippen LogP contribution in [0.4, 0.5) is 0 Å². The Kier molecular flexibility index (Phi) is 3.81. The molecule has 0 fully saturated rings. The van der Waals surface area contributed by atoms with Crippen molar-refractivity contribution in [2.45, 2.75) is 26.8 Å². The van der Waals surface area contributed by atoms with Gasteiger partial charge in [-0.2, -0.15) is 10.2 Å². The van der Waals surface area contributed by atoms with Gasteiger partial charge in [0.1, 0.15) is 5.69 Å². The van der Waals surface area contributed by atoms with Crippen LogP contribution in [-0.4, -0.2) is 26.1 Å². The maximum Gasteiger partial charge on any atom is 0.100 e. The Hall–Kier alpha value is -1.62. The predicted molar refractivity (Wildman–Crippen MR) is 72.1 cm³/mol. The number of hydrogen-bond donors (Lipinski definition) is 1. The van der Waals surface area contributed by atoms with Gasteiger partial charge in [-0.1, -0.05) is 6.92 Å². The summed E-state index contributed by atoms with van der Waals surface area (Å²) < 4.78 is 3.70. The highest BCUT2D eigenvalue weighted by atomic mass is 15.3. The zero-order chi connectivity index (χ0) is 13.1. The van der Waals surface area contributed by atoms with Crippen LogP contribution in [0.2, 0.25) is 0 Å². The van der Waals surface area contributed by atoms with E-state index in [9.17, 15) is 0 Å². The minimum atomic E-state index is 0.853. The quantitative estimate of drug-likeness (QED) is 0.817. The summed E-state index contributed by atoms with van der Waals surface area (Å²) in [5.74, 6) is 0. The molecule has 0 bridgehead atoms. The van der Waals surface area contributed by atoms with E-state index in [2.05, 4.69) is 28.6 Å². The topological polar surface area (TPSA) is 47.7 Å². The second-order valence-electron chi connectivity index (χ2n) is 4.66. The maximum atomic E-state index is 4.56. The Bertz CT molecular complexity index is 523. The van der Waals surface area contributed by atoms with E-state index in [0.29, 0.717) is 0 Å². The number of aryl methyl sites for hydroxylation is 3. The first-order chi connectivity index (χ1) is 8.61. The van der Waals surface area contributed by atoms with Gasteiger partial charge in [0, 0.05) is 44.2 Å². The maximum absolute atomic E-state index is 4.56. The van der Waals surface area contributed by atoms with Crippen molar-refractivity contribution in [3.8, 4) is 11.3 Å². The molecule has 0 spiro atoms. The van der Waals surface area contributed by atoms with Crippen LogP contribution in [0.1, 0.15) is 24.6 Å². The molecule has 0 saturated heterocycles. The van der Waals surface area contributed by atoms with Crippen LogP contribution < -0.4 is 5.32 Å². The van der Waals surface area contributed by atoms with Gasteiger partial charge >= 0.3 is 0 Å². The van der Waals surface area contributed by atoms with E-state index in [0.717, 1.165) is 36.5 Å². The van der Waals surface area contributed by atoms with Crippen molar-refractivity contribution in [3.05, 3.63) is 23.7 Å². The molecule has 0 amide bonds. The van der Waals surface area contributed by atoms with Gasteiger partial charge in [-0.25, -0.2) is 0 Å². The van der Waals surface area contributed by atoms with E-state index < -0.39 is 0 Å². The molecule has 2 rings (SSSR count). The number of nitrogens with zero attached hydrogens (tertiary/aromatic N) is 4.